The van der Waals surface area contributed by atoms with Gasteiger partial charge in [0, 0.05) is 27.9 Å². The molecular formula is C30H25NOSi. The molecular weight excluding hydrogens is 418 g/mol. The molecule has 0 aliphatic carbocycles. The van der Waals surface area contributed by atoms with Crippen molar-refractivity contribution in [3.8, 4) is 22.4 Å². The van der Waals surface area contributed by atoms with Gasteiger partial charge in [0.25, 0.3) is 0 Å². The van der Waals surface area contributed by atoms with Crippen LogP contribution in [0.5, 0.6) is 0 Å². The minimum Gasteiger partial charge on any atom is -0.455 e. The second-order valence-corrected chi connectivity index (χ2v) is 14.8. The maximum atomic E-state index is 6.51. The number of furan rings is 1. The van der Waals surface area contributed by atoms with Gasteiger partial charge in [0.2, 0.25) is 0 Å². The van der Waals surface area contributed by atoms with Crippen LogP contribution in [0.2, 0.25) is 19.6 Å². The summed E-state index contributed by atoms with van der Waals surface area (Å²) in [5.41, 5.74) is 6.16. The van der Waals surface area contributed by atoms with E-state index < -0.39 is 8.07 Å². The summed E-state index contributed by atoms with van der Waals surface area (Å²) in [5, 5.41) is 6.07. The van der Waals surface area contributed by atoms with E-state index >= 15 is 0 Å². The van der Waals surface area contributed by atoms with E-state index in [0.29, 0.717) is 0 Å². The third-order valence-corrected chi connectivity index (χ3v) is 8.57. The van der Waals surface area contributed by atoms with Gasteiger partial charge in [-0.05, 0) is 40.8 Å². The van der Waals surface area contributed by atoms with E-state index in [1.807, 2.05) is 6.20 Å². The SMILES string of the molecule is C[Si](C)(C)c1ccc(-c2ccnc(-c3cccc4c3oc3c5ccccc5ccc43)c2)cc1. The van der Waals surface area contributed by atoms with E-state index in [0.717, 1.165) is 38.6 Å². The van der Waals surface area contributed by atoms with Crippen molar-refractivity contribution in [1.82, 2.24) is 4.98 Å². The molecule has 6 aromatic rings. The Morgan fingerprint density at radius 3 is 2.21 bits per heavy atom. The van der Waals surface area contributed by atoms with Gasteiger partial charge in [-0.3, -0.25) is 4.98 Å². The zero-order chi connectivity index (χ0) is 22.6. The summed E-state index contributed by atoms with van der Waals surface area (Å²) in [5.74, 6) is 0. The average molecular weight is 444 g/mol. The van der Waals surface area contributed by atoms with E-state index in [4.69, 9.17) is 9.40 Å². The average Bonchev–Trinajstić information content (AvgIpc) is 3.23. The van der Waals surface area contributed by atoms with E-state index in [1.165, 1.54) is 21.7 Å². The third-order valence-electron chi connectivity index (χ3n) is 6.51. The van der Waals surface area contributed by atoms with Crippen LogP contribution in [-0.2, 0) is 0 Å². The summed E-state index contributed by atoms with van der Waals surface area (Å²) in [6.07, 6.45) is 1.90. The molecule has 0 saturated heterocycles. The molecule has 0 saturated carbocycles. The predicted octanol–water partition coefficient (Wildman–Crippen LogP) is 8.01. The van der Waals surface area contributed by atoms with Gasteiger partial charge >= 0.3 is 0 Å². The Morgan fingerprint density at radius 1 is 0.636 bits per heavy atom. The van der Waals surface area contributed by atoms with Crippen molar-refractivity contribution in [3.05, 3.63) is 97.2 Å². The molecule has 0 aliphatic heterocycles. The van der Waals surface area contributed by atoms with Gasteiger partial charge in [-0.1, -0.05) is 91.6 Å². The van der Waals surface area contributed by atoms with Gasteiger partial charge in [0.1, 0.15) is 11.2 Å². The molecule has 2 nitrogen and oxygen atoms in total. The largest absolute Gasteiger partial charge is 0.455 e. The minimum absolute atomic E-state index is 0.891. The standard InChI is InChI=1S/C30H25NOSi/c1-33(2,3)23-14-11-20(12-15-23)22-17-18-31-28(19-22)27-10-6-9-25-26-16-13-21-7-4-5-8-24(21)29(26)32-30(25)27/h4-19H,1-3H3. The van der Waals surface area contributed by atoms with Crippen molar-refractivity contribution in [1.29, 1.82) is 0 Å². The lowest BCUT2D eigenvalue weighted by Crippen LogP contribution is -2.37. The normalized spacial score (nSPS) is 12.1. The maximum Gasteiger partial charge on any atom is 0.144 e. The quantitative estimate of drug-likeness (QED) is 0.259. The fourth-order valence-corrected chi connectivity index (χ4v) is 5.81. The van der Waals surface area contributed by atoms with Gasteiger partial charge in [0.05, 0.1) is 13.8 Å². The lowest BCUT2D eigenvalue weighted by Gasteiger charge is -2.16. The van der Waals surface area contributed by atoms with Crippen molar-refractivity contribution < 1.29 is 4.42 Å². The molecule has 4 aromatic carbocycles. The number of hydrogen-bond acceptors (Lipinski definition) is 2. The number of rotatable bonds is 3. The van der Waals surface area contributed by atoms with Crippen LogP contribution in [0, 0.1) is 0 Å². The highest BCUT2D eigenvalue weighted by molar-refractivity contribution is 6.88. The number of para-hydroxylation sites is 1. The van der Waals surface area contributed by atoms with Gasteiger partial charge in [-0.15, -0.1) is 0 Å². The summed E-state index contributed by atoms with van der Waals surface area (Å²) in [6.45, 7) is 7.14. The number of aromatic nitrogens is 1. The molecule has 0 amide bonds. The summed E-state index contributed by atoms with van der Waals surface area (Å²) < 4.78 is 6.51. The van der Waals surface area contributed by atoms with Gasteiger partial charge in [-0.25, -0.2) is 0 Å². The van der Waals surface area contributed by atoms with E-state index in [9.17, 15) is 0 Å². The van der Waals surface area contributed by atoms with E-state index in [-0.39, 0.29) is 0 Å². The first kappa shape index (κ1) is 20.0. The van der Waals surface area contributed by atoms with Crippen LogP contribution < -0.4 is 5.19 Å². The van der Waals surface area contributed by atoms with Crippen LogP contribution in [0.1, 0.15) is 0 Å². The Balaban J connectivity index is 1.50. The topological polar surface area (TPSA) is 26.0 Å². The molecule has 33 heavy (non-hydrogen) atoms. The molecule has 0 spiro atoms. The molecule has 0 atom stereocenters. The number of pyridine rings is 1. The Bertz CT molecular complexity index is 1640. The Morgan fingerprint density at radius 2 is 1.39 bits per heavy atom. The van der Waals surface area contributed by atoms with Gasteiger partial charge in [-0.2, -0.15) is 0 Å². The van der Waals surface area contributed by atoms with Crippen LogP contribution in [-0.4, -0.2) is 13.1 Å². The first-order valence-electron chi connectivity index (χ1n) is 11.4. The summed E-state index contributed by atoms with van der Waals surface area (Å²) in [7, 11) is -1.31. The molecule has 0 radical (unpaired) electrons. The molecule has 0 N–H and O–H groups in total. The number of nitrogens with zero attached hydrogens (tertiary/aromatic N) is 1. The second-order valence-electron chi connectivity index (χ2n) is 9.70. The first-order valence-corrected chi connectivity index (χ1v) is 14.9. The molecule has 2 aromatic heterocycles. The molecule has 0 unspecified atom stereocenters. The maximum absolute atomic E-state index is 6.51. The van der Waals surface area contributed by atoms with Crippen LogP contribution in [0.3, 0.4) is 0 Å². The molecule has 0 fully saturated rings. The smallest absolute Gasteiger partial charge is 0.144 e. The number of hydrogen-bond donors (Lipinski definition) is 0. The monoisotopic (exact) mass is 443 g/mol. The zero-order valence-electron chi connectivity index (χ0n) is 19.1. The predicted molar refractivity (Wildman–Crippen MR) is 143 cm³/mol. The summed E-state index contributed by atoms with van der Waals surface area (Å²) in [4.78, 5) is 4.72. The second kappa shape index (κ2) is 7.43. The van der Waals surface area contributed by atoms with Crippen molar-refractivity contribution in [3.63, 3.8) is 0 Å². The first-order chi connectivity index (χ1) is 16.0. The van der Waals surface area contributed by atoms with E-state index in [2.05, 4.69) is 111 Å². The number of fused-ring (bicyclic) bond motifs is 5. The fraction of sp³-hybridized carbons (Fsp3) is 0.100. The highest BCUT2D eigenvalue weighted by atomic mass is 28.3. The van der Waals surface area contributed by atoms with Crippen LogP contribution >= 0.6 is 0 Å². The fourth-order valence-electron chi connectivity index (χ4n) is 4.65. The minimum atomic E-state index is -1.31. The summed E-state index contributed by atoms with van der Waals surface area (Å²) in [6, 6.07) is 32.3. The summed E-state index contributed by atoms with van der Waals surface area (Å²) >= 11 is 0. The van der Waals surface area contributed by atoms with E-state index in [1.54, 1.807) is 0 Å². The zero-order valence-corrected chi connectivity index (χ0v) is 20.1. The Kier molecular flexibility index (Phi) is 4.49. The van der Waals surface area contributed by atoms with Gasteiger partial charge in [0.15, 0.2) is 0 Å². The lowest BCUT2D eigenvalue weighted by atomic mass is 10.0. The molecule has 3 heteroatoms. The van der Waals surface area contributed by atoms with Crippen LogP contribution in [0.25, 0.3) is 55.1 Å². The Labute approximate surface area is 194 Å². The lowest BCUT2D eigenvalue weighted by molar-refractivity contribution is 0.673. The highest BCUT2D eigenvalue weighted by Crippen LogP contribution is 2.38. The van der Waals surface area contributed by atoms with Crippen molar-refractivity contribution in [2.24, 2.45) is 0 Å². The third kappa shape index (κ3) is 3.36. The molecule has 6 rings (SSSR count). The molecule has 0 aliphatic rings. The van der Waals surface area contributed by atoms with Crippen molar-refractivity contribution in [2.45, 2.75) is 19.6 Å². The Hall–Kier alpha value is -3.69. The molecule has 2 heterocycles. The molecule has 0 bridgehead atoms. The van der Waals surface area contributed by atoms with Crippen molar-refractivity contribution >= 4 is 46.0 Å². The highest BCUT2D eigenvalue weighted by Gasteiger charge is 2.17. The van der Waals surface area contributed by atoms with Crippen molar-refractivity contribution in [2.75, 3.05) is 0 Å². The van der Waals surface area contributed by atoms with Crippen LogP contribution in [0.4, 0.5) is 0 Å². The van der Waals surface area contributed by atoms with Gasteiger partial charge < -0.3 is 4.42 Å². The molecule has 160 valence electrons. The van der Waals surface area contributed by atoms with Crippen LogP contribution in [0.15, 0.2) is 102 Å². The number of benzene rings is 4.